The Labute approximate surface area is 146 Å². The zero-order valence-corrected chi connectivity index (χ0v) is 15.8. The molecule has 0 rings (SSSR count). The van der Waals surface area contributed by atoms with Crippen LogP contribution in [0, 0.1) is 11.3 Å². The highest BCUT2D eigenvalue weighted by Crippen LogP contribution is 2.12. The molecule has 134 valence electrons. The number of unbranched alkanes of at least 4 members (excludes halogenated alkanes) is 16. The molecule has 1 heteroatoms. The Balaban J connectivity index is 3.04. The van der Waals surface area contributed by atoms with Gasteiger partial charge in [-0.1, -0.05) is 96.1 Å². The van der Waals surface area contributed by atoms with Gasteiger partial charge in [0.25, 0.3) is 0 Å². The van der Waals surface area contributed by atoms with E-state index in [1.54, 1.807) is 0 Å². The Kier molecular flexibility index (Phi) is 20.5. The first-order chi connectivity index (χ1) is 11.4. The first-order valence-corrected chi connectivity index (χ1v) is 10.4. The van der Waals surface area contributed by atoms with Crippen LogP contribution in [0.15, 0.2) is 12.2 Å². The van der Waals surface area contributed by atoms with Crippen LogP contribution in [0.2, 0.25) is 0 Å². The van der Waals surface area contributed by atoms with Crippen molar-refractivity contribution in [2.45, 2.75) is 122 Å². The third kappa shape index (κ3) is 21.2. The van der Waals surface area contributed by atoms with Gasteiger partial charge in [0.2, 0.25) is 0 Å². The van der Waals surface area contributed by atoms with Gasteiger partial charge in [0.1, 0.15) is 0 Å². The standard InChI is InChI=1S/C22H41N/c1-2-3-4-5-6-7-8-9-10-11-12-13-14-15-16-17-18-19-20-21-22-23/h9-10H,2-8,11-21H2,1H3. The molecule has 0 atom stereocenters. The first-order valence-electron chi connectivity index (χ1n) is 10.4. The zero-order valence-electron chi connectivity index (χ0n) is 15.8. The zero-order chi connectivity index (χ0) is 16.8. The summed E-state index contributed by atoms with van der Waals surface area (Å²) in [4.78, 5) is 0. The number of allylic oxidation sites excluding steroid dienone is 2. The van der Waals surface area contributed by atoms with Crippen LogP contribution in [0.4, 0.5) is 0 Å². The van der Waals surface area contributed by atoms with Crippen LogP contribution in [0.25, 0.3) is 0 Å². The van der Waals surface area contributed by atoms with Gasteiger partial charge in [-0.3, -0.25) is 0 Å². The maximum atomic E-state index is 8.46. The van der Waals surface area contributed by atoms with E-state index in [-0.39, 0.29) is 0 Å². The highest BCUT2D eigenvalue weighted by molar-refractivity contribution is 4.81. The fourth-order valence-electron chi connectivity index (χ4n) is 2.98. The minimum Gasteiger partial charge on any atom is -0.198 e. The van der Waals surface area contributed by atoms with Gasteiger partial charge in [-0.25, -0.2) is 0 Å². The number of nitriles is 1. The van der Waals surface area contributed by atoms with Gasteiger partial charge in [-0.15, -0.1) is 0 Å². The molecular weight excluding hydrogens is 278 g/mol. The Morgan fingerprint density at radius 1 is 0.565 bits per heavy atom. The van der Waals surface area contributed by atoms with E-state index >= 15 is 0 Å². The molecule has 0 N–H and O–H groups in total. The largest absolute Gasteiger partial charge is 0.198 e. The maximum absolute atomic E-state index is 8.46. The highest BCUT2D eigenvalue weighted by Gasteiger charge is 1.92. The average molecular weight is 320 g/mol. The summed E-state index contributed by atoms with van der Waals surface area (Å²) in [7, 11) is 0. The molecule has 0 aromatic carbocycles. The molecule has 0 radical (unpaired) electrons. The fourth-order valence-corrected chi connectivity index (χ4v) is 2.98. The monoisotopic (exact) mass is 319 g/mol. The topological polar surface area (TPSA) is 23.8 Å². The minimum atomic E-state index is 0.742. The molecule has 23 heavy (non-hydrogen) atoms. The van der Waals surface area contributed by atoms with Crippen molar-refractivity contribution in [3.8, 4) is 6.07 Å². The molecule has 0 saturated carbocycles. The minimum absolute atomic E-state index is 0.742. The molecule has 0 spiro atoms. The summed E-state index contributed by atoms with van der Waals surface area (Å²) in [6.45, 7) is 2.28. The molecular formula is C22H41N. The van der Waals surface area contributed by atoms with Crippen molar-refractivity contribution in [1.82, 2.24) is 0 Å². The predicted molar refractivity (Wildman–Crippen MR) is 104 cm³/mol. The number of hydrogen-bond acceptors (Lipinski definition) is 1. The van der Waals surface area contributed by atoms with E-state index in [1.165, 1.54) is 103 Å². The predicted octanol–water partition coefficient (Wildman–Crippen LogP) is 8.11. The fraction of sp³-hybridized carbons (Fsp3) is 0.864. The molecule has 0 fully saturated rings. The molecule has 0 aliphatic heterocycles. The molecule has 0 aromatic rings. The molecule has 0 saturated heterocycles. The van der Waals surface area contributed by atoms with Crippen LogP contribution in [0.3, 0.4) is 0 Å². The van der Waals surface area contributed by atoms with Gasteiger partial charge >= 0.3 is 0 Å². The summed E-state index contributed by atoms with van der Waals surface area (Å²) >= 11 is 0. The van der Waals surface area contributed by atoms with Crippen LogP contribution < -0.4 is 0 Å². The van der Waals surface area contributed by atoms with Crippen molar-refractivity contribution in [1.29, 1.82) is 5.26 Å². The van der Waals surface area contributed by atoms with E-state index in [2.05, 4.69) is 25.1 Å². The SMILES string of the molecule is CCCCCCCCC=CCCCCCCCCCCCC#N. The van der Waals surface area contributed by atoms with Gasteiger partial charge in [-0.2, -0.15) is 5.26 Å². The summed E-state index contributed by atoms with van der Waals surface area (Å²) < 4.78 is 0. The second kappa shape index (κ2) is 21.2. The van der Waals surface area contributed by atoms with Crippen LogP contribution in [-0.4, -0.2) is 0 Å². The lowest BCUT2D eigenvalue weighted by molar-refractivity contribution is 0.562. The molecule has 0 aliphatic rings. The Bertz CT molecular complexity index is 274. The first kappa shape index (κ1) is 22.2. The molecule has 0 aromatic heterocycles. The van der Waals surface area contributed by atoms with Crippen molar-refractivity contribution >= 4 is 0 Å². The second-order valence-electron chi connectivity index (χ2n) is 6.91. The van der Waals surface area contributed by atoms with Crippen molar-refractivity contribution in [3.63, 3.8) is 0 Å². The van der Waals surface area contributed by atoms with E-state index < -0.39 is 0 Å². The van der Waals surface area contributed by atoms with Gasteiger partial charge in [0.15, 0.2) is 0 Å². The van der Waals surface area contributed by atoms with Crippen LogP contribution in [-0.2, 0) is 0 Å². The summed E-state index contributed by atoms with van der Waals surface area (Å²) in [5.74, 6) is 0. The number of rotatable bonds is 18. The lowest BCUT2D eigenvalue weighted by Crippen LogP contribution is -1.81. The van der Waals surface area contributed by atoms with Gasteiger partial charge < -0.3 is 0 Å². The third-order valence-corrected chi connectivity index (χ3v) is 4.55. The Morgan fingerprint density at radius 2 is 0.957 bits per heavy atom. The molecule has 0 amide bonds. The van der Waals surface area contributed by atoms with Crippen LogP contribution in [0.5, 0.6) is 0 Å². The lowest BCUT2D eigenvalue weighted by Gasteiger charge is -2.01. The lowest BCUT2D eigenvalue weighted by atomic mass is 10.1. The van der Waals surface area contributed by atoms with Gasteiger partial charge in [0, 0.05) is 6.42 Å². The van der Waals surface area contributed by atoms with E-state index in [4.69, 9.17) is 5.26 Å². The highest BCUT2D eigenvalue weighted by atomic mass is 14.2. The van der Waals surface area contributed by atoms with E-state index in [0.717, 1.165) is 12.8 Å². The molecule has 0 aliphatic carbocycles. The van der Waals surface area contributed by atoms with Crippen molar-refractivity contribution < 1.29 is 0 Å². The van der Waals surface area contributed by atoms with Gasteiger partial charge in [-0.05, 0) is 32.1 Å². The van der Waals surface area contributed by atoms with Gasteiger partial charge in [0.05, 0.1) is 6.07 Å². The molecule has 0 heterocycles. The number of hydrogen-bond donors (Lipinski definition) is 0. The maximum Gasteiger partial charge on any atom is 0.0621 e. The summed E-state index contributed by atoms with van der Waals surface area (Å²) in [6.07, 6.45) is 28.5. The quantitative estimate of drug-likeness (QED) is 0.185. The van der Waals surface area contributed by atoms with Crippen molar-refractivity contribution in [2.75, 3.05) is 0 Å². The normalized spacial score (nSPS) is 11.1. The Hall–Kier alpha value is -0.770. The van der Waals surface area contributed by atoms with Crippen molar-refractivity contribution in [2.24, 2.45) is 0 Å². The van der Waals surface area contributed by atoms with Crippen molar-refractivity contribution in [3.05, 3.63) is 12.2 Å². The second-order valence-corrected chi connectivity index (χ2v) is 6.91. The third-order valence-electron chi connectivity index (χ3n) is 4.55. The average Bonchev–Trinajstić information content (AvgIpc) is 2.57. The molecule has 0 unspecified atom stereocenters. The summed E-state index contributed by atoms with van der Waals surface area (Å²) in [6, 6.07) is 2.22. The summed E-state index contributed by atoms with van der Waals surface area (Å²) in [5.41, 5.74) is 0. The van der Waals surface area contributed by atoms with Crippen LogP contribution >= 0.6 is 0 Å². The molecule has 0 bridgehead atoms. The Morgan fingerprint density at radius 3 is 1.39 bits per heavy atom. The summed E-state index contributed by atoms with van der Waals surface area (Å²) in [5, 5.41) is 8.46. The number of nitrogens with zero attached hydrogens (tertiary/aromatic N) is 1. The van der Waals surface area contributed by atoms with Crippen LogP contribution in [0.1, 0.15) is 122 Å². The smallest absolute Gasteiger partial charge is 0.0621 e. The van der Waals surface area contributed by atoms with E-state index in [0.29, 0.717) is 0 Å². The van der Waals surface area contributed by atoms with E-state index in [1.807, 2.05) is 0 Å². The molecule has 1 nitrogen and oxygen atoms in total. The van der Waals surface area contributed by atoms with E-state index in [9.17, 15) is 0 Å².